The van der Waals surface area contributed by atoms with E-state index in [4.69, 9.17) is 16.3 Å². The number of rotatable bonds is 10. The highest BCUT2D eigenvalue weighted by molar-refractivity contribution is 6.28. The molecule has 3 rings (SSSR count). The Morgan fingerprint density at radius 1 is 1.24 bits per heavy atom. The molecule has 1 aromatic heterocycles. The molecule has 202 valence electrons. The first-order valence-electron chi connectivity index (χ1n) is 11.4. The van der Waals surface area contributed by atoms with E-state index in [9.17, 15) is 33.2 Å². The van der Waals surface area contributed by atoms with Crippen LogP contribution in [-0.4, -0.2) is 80.4 Å². The lowest BCUT2D eigenvalue weighted by Gasteiger charge is -2.35. The summed E-state index contributed by atoms with van der Waals surface area (Å²) in [5.74, 6) is -0.498. The molecular weight excluding hydrogens is 519 g/mol. The number of aromatic nitrogens is 2. The van der Waals surface area contributed by atoms with Crippen LogP contribution in [0, 0.1) is 10.1 Å². The number of benzene rings is 1. The van der Waals surface area contributed by atoms with Gasteiger partial charge < -0.3 is 24.9 Å². The third kappa shape index (κ3) is 8.52. The first-order valence-corrected chi connectivity index (χ1v) is 11.7. The number of hydrogen-bond donors (Lipinski definition) is 1. The lowest BCUT2D eigenvalue weighted by Crippen LogP contribution is -2.49. The average molecular weight is 546 g/mol. The van der Waals surface area contributed by atoms with Crippen molar-refractivity contribution in [1.29, 1.82) is 0 Å². The molecule has 10 nitrogen and oxygen atoms in total. The van der Waals surface area contributed by atoms with E-state index >= 15 is 0 Å². The molecular formula is C23H27ClF3N5O5. The quantitative estimate of drug-likeness (QED) is 0.359. The maximum absolute atomic E-state index is 12.6. The number of hydrogen-bond acceptors (Lipinski definition) is 7. The summed E-state index contributed by atoms with van der Waals surface area (Å²) in [7, 11) is 0. The van der Waals surface area contributed by atoms with Gasteiger partial charge in [0.25, 0.3) is 0 Å². The standard InChI is InChI=1S/C23H27ClF3N5O5/c1-22(34,14-31-13-19(32(35)36)28-21(31)24)15-37-16-29-9-11-30(12-10-29)20(33)4-2-3-17-5-7-18(8-6-17)23(25,26)27/h2-3,5-8,13,34H,4,9-12,14-16H2,1H3/t22-/m1/s1. The molecule has 1 N–H and O–H groups in total. The number of nitro groups is 1. The molecule has 1 amide bonds. The number of imidazole rings is 1. The zero-order chi connectivity index (χ0) is 27.2. The molecule has 1 aliphatic rings. The Balaban J connectivity index is 1.37. The van der Waals surface area contributed by atoms with Gasteiger partial charge in [0, 0.05) is 32.6 Å². The largest absolute Gasteiger partial charge is 0.416 e. The number of aliphatic hydroxyl groups is 1. The monoisotopic (exact) mass is 545 g/mol. The zero-order valence-electron chi connectivity index (χ0n) is 20.0. The minimum atomic E-state index is -4.39. The fourth-order valence-corrected chi connectivity index (χ4v) is 3.92. The van der Waals surface area contributed by atoms with E-state index in [1.165, 1.54) is 23.6 Å². The van der Waals surface area contributed by atoms with Crippen LogP contribution in [-0.2, 0) is 22.3 Å². The Bertz CT molecular complexity index is 1110. The number of halogens is 4. The van der Waals surface area contributed by atoms with E-state index in [1.54, 1.807) is 17.1 Å². The predicted molar refractivity (Wildman–Crippen MR) is 129 cm³/mol. The van der Waals surface area contributed by atoms with Gasteiger partial charge in [-0.05, 0) is 46.1 Å². The number of carbonyl (C=O) groups excluding carboxylic acids is 1. The normalized spacial score (nSPS) is 16.8. The van der Waals surface area contributed by atoms with Gasteiger partial charge >= 0.3 is 17.3 Å². The maximum Gasteiger partial charge on any atom is 0.416 e. The van der Waals surface area contributed by atoms with Crippen molar-refractivity contribution in [3.63, 3.8) is 0 Å². The second kappa shape index (κ2) is 12.0. The molecule has 1 aliphatic heterocycles. The van der Waals surface area contributed by atoms with Crippen LogP contribution < -0.4 is 0 Å². The second-order valence-corrected chi connectivity index (χ2v) is 9.29. The van der Waals surface area contributed by atoms with Crippen LogP contribution >= 0.6 is 11.6 Å². The topological polar surface area (TPSA) is 114 Å². The van der Waals surface area contributed by atoms with Crippen molar-refractivity contribution >= 4 is 29.4 Å². The summed E-state index contributed by atoms with van der Waals surface area (Å²) < 4.78 is 44.8. The van der Waals surface area contributed by atoms with Crippen LogP contribution in [0.5, 0.6) is 0 Å². The van der Waals surface area contributed by atoms with Crippen LogP contribution in [0.25, 0.3) is 6.08 Å². The molecule has 2 aromatic rings. The molecule has 14 heteroatoms. The molecule has 0 radical (unpaired) electrons. The Labute approximate surface area is 216 Å². The first-order chi connectivity index (χ1) is 17.3. The van der Waals surface area contributed by atoms with E-state index in [0.29, 0.717) is 31.7 Å². The number of carbonyl (C=O) groups is 1. The molecule has 0 unspecified atom stereocenters. The van der Waals surface area contributed by atoms with Crippen molar-refractivity contribution in [1.82, 2.24) is 19.4 Å². The van der Waals surface area contributed by atoms with Gasteiger partial charge in [0.2, 0.25) is 5.91 Å². The molecule has 0 saturated carbocycles. The summed E-state index contributed by atoms with van der Waals surface area (Å²) in [5.41, 5.74) is -1.50. The van der Waals surface area contributed by atoms with Crippen LogP contribution in [0.3, 0.4) is 0 Å². The van der Waals surface area contributed by atoms with Crippen molar-refractivity contribution in [2.45, 2.75) is 31.7 Å². The second-order valence-electron chi connectivity index (χ2n) is 8.95. The van der Waals surface area contributed by atoms with Crippen LogP contribution in [0.4, 0.5) is 19.0 Å². The van der Waals surface area contributed by atoms with Crippen molar-refractivity contribution in [2.24, 2.45) is 0 Å². The minimum Gasteiger partial charge on any atom is -0.386 e. The Kier molecular flexibility index (Phi) is 9.29. The maximum atomic E-state index is 12.6. The first kappa shape index (κ1) is 28.6. The Hall–Kier alpha value is -3.00. The van der Waals surface area contributed by atoms with Gasteiger partial charge in [0.15, 0.2) is 0 Å². The summed E-state index contributed by atoms with van der Waals surface area (Å²) in [6.07, 6.45) is 0.136. The summed E-state index contributed by atoms with van der Waals surface area (Å²) >= 11 is 5.89. The van der Waals surface area contributed by atoms with E-state index in [2.05, 4.69) is 4.98 Å². The summed E-state index contributed by atoms with van der Waals surface area (Å²) in [6.45, 7) is 3.75. The van der Waals surface area contributed by atoms with Crippen LogP contribution in [0.2, 0.25) is 5.28 Å². The van der Waals surface area contributed by atoms with Crippen LogP contribution in [0.1, 0.15) is 24.5 Å². The Morgan fingerprint density at radius 3 is 2.46 bits per heavy atom. The number of ether oxygens (including phenoxy) is 1. The van der Waals surface area contributed by atoms with Crippen LogP contribution in [0.15, 0.2) is 36.5 Å². The highest BCUT2D eigenvalue weighted by Gasteiger charge is 2.30. The van der Waals surface area contributed by atoms with Gasteiger partial charge in [-0.2, -0.15) is 13.2 Å². The highest BCUT2D eigenvalue weighted by Crippen LogP contribution is 2.29. The lowest BCUT2D eigenvalue weighted by atomic mass is 10.1. The number of alkyl halides is 3. The number of nitrogens with zero attached hydrogens (tertiary/aromatic N) is 5. The average Bonchev–Trinajstić information content (AvgIpc) is 3.19. The number of piperazine rings is 1. The molecule has 1 aromatic carbocycles. The predicted octanol–water partition coefficient (Wildman–Crippen LogP) is 3.44. The van der Waals surface area contributed by atoms with Gasteiger partial charge in [-0.3, -0.25) is 14.3 Å². The summed E-state index contributed by atoms with van der Waals surface area (Å²) in [4.78, 5) is 29.9. The van der Waals surface area contributed by atoms with E-state index in [-0.39, 0.29) is 37.5 Å². The molecule has 0 bridgehead atoms. The smallest absolute Gasteiger partial charge is 0.386 e. The van der Waals surface area contributed by atoms with Crippen molar-refractivity contribution in [3.8, 4) is 0 Å². The van der Waals surface area contributed by atoms with Gasteiger partial charge in [0.05, 0.1) is 25.4 Å². The number of amides is 1. The molecule has 1 fully saturated rings. The fraction of sp³-hybridized carbons (Fsp3) is 0.478. The summed E-state index contributed by atoms with van der Waals surface area (Å²) in [6, 6.07) is 4.71. The molecule has 0 spiro atoms. The fourth-order valence-electron chi connectivity index (χ4n) is 3.72. The molecule has 37 heavy (non-hydrogen) atoms. The lowest BCUT2D eigenvalue weighted by molar-refractivity contribution is -0.389. The molecule has 1 saturated heterocycles. The van der Waals surface area contributed by atoms with Gasteiger partial charge in [-0.25, -0.2) is 0 Å². The molecule has 0 aliphatic carbocycles. The van der Waals surface area contributed by atoms with Gasteiger partial charge in [-0.1, -0.05) is 24.3 Å². The van der Waals surface area contributed by atoms with Gasteiger partial charge in [-0.15, -0.1) is 0 Å². The van der Waals surface area contributed by atoms with Crippen molar-refractivity contribution < 1.29 is 32.7 Å². The van der Waals surface area contributed by atoms with Crippen molar-refractivity contribution in [2.75, 3.05) is 39.5 Å². The van der Waals surface area contributed by atoms with E-state index in [0.717, 1.165) is 18.3 Å². The van der Waals surface area contributed by atoms with E-state index in [1.807, 2.05) is 4.90 Å². The van der Waals surface area contributed by atoms with Crippen molar-refractivity contribution in [3.05, 3.63) is 63.1 Å². The minimum absolute atomic E-state index is 0.0467. The molecule has 2 heterocycles. The van der Waals surface area contributed by atoms with Gasteiger partial charge in [0.1, 0.15) is 11.8 Å². The summed E-state index contributed by atoms with van der Waals surface area (Å²) in [5, 5.41) is 21.3. The zero-order valence-corrected chi connectivity index (χ0v) is 20.8. The highest BCUT2D eigenvalue weighted by atomic mass is 35.5. The molecule has 1 atom stereocenters. The third-order valence-electron chi connectivity index (χ3n) is 5.67. The SMILES string of the molecule is C[C@](O)(COCN1CCN(C(=O)CC=Cc2ccc(C(F)(F)F)cc2)CC1)Cn1cc([N+](=O)[O-])nc1Cl. The third-order valence-corrected chi connectivity index (χ3v) is 5.97. The Morgan fingerprint density at radius 2 is 1.89 bits per heavy atom. The van der Waals surface area contributed by atoms with E-state index < -0.39 is 28.1 Å².